The summed E-state index contributed by atoms with van der Waals surface area (Å²) in [6.07, 6.45) is 3.65. The highest BCUT2D eigenvalue weighted by Crippen LogP contribution is 2.37. The third-order valence-electron chi connectivity index (χ3n) is 4.24. The van der Waals surface area contributed by atoms with Crippen LogP contribution in [0.4, 0.5) is 13.9 Å². The minimum absolute atomic E-state index is 0.00806. The molecule has 1 aliphatic heterocycles. The topological polar surface area (TPSA) is 42.4 Å². The van der Waals surface area contributed by atoms with Gasteiger partial charge in [0, 0.05) is 18.6 Å². The molecule has 4 rings (SSSR count). The summed E-state index contributed by atoms with van der Waals surface area (Å²) in [6.45, 7) is 1.13. The molecular weight excluding hydrogens is 322 g/mol. The Morgan fingerprint density at radius 1 is 1.35 bits per heavy atom. The van der Waals surface area contributed by atoms with Gasteiger partial charge in [-0.3, -0.25) is 9.69 Å². The highest BCUT2D eigenvalue weighted by Gasteiger charge is 2.36. The van der Waals surface area contributed by atoms with E-state index in [2.05, 4.69) is 4.98 Å². The van der Waals surface area contributed by atoms with Crippen LogP contribution < -0.4 is 4.90 Å². The number of carbonyl (C=O) groups excluding carboxylic acids is 1. The highest BCUT2D eigenvalue weighted by molar-refractivity contribution is 7.22. The van der Waals surface area contributed by atoms with Crippen molar-refractivity contribution in [1.82, 2.24) is 4.98 Å². The van der Waals surface area contributed by atoms with E-state index in [1.165, 1.54) is 6.07 Å². The Kier molecular flexibility index (Phi) is 3.77. The molecular formula is C16H16F2N2O2S. The number of amides is 1. The lowest BCUT2D eigenvalue weighted by Crippen LogP contribution is -2.38. The average Bonchev–Trinajstić information content (AvgIpc) is 3.06. The molecule has 1 saturated carbocycles. The molecule has 1 aromatic carbocycles. The van der Waals surface area contributed by atoms with Gasteiger partial charge in [-0.1, -0.05) is 11.3 Å². The van der Waals surface area contributed by atoms with Crippen LogP contribution >= 0.6 is 11.3 Å². The van der Waals surface area contributed by atoms with Crippen molar-refractivity contribution in [1.29, 1.82) is 0 Å². The second kappa shape index (κ2) is 5.79. The fourth-order valence-corrected chi connectivity index (χ4v) is 3.89. The van der Waals surface area contributed by atoms with Crippen molar-refractivity contribution in [3.05, 3.63) is 23.8 Å². The maximum atomic E-state index is 13.9. The SMILES string of the molecule is O=C(C1CC1)N(C[C@@H]1CCCO1)c1nc2c(F)cc(F)cc2s1. The van der Waals surface area contributed by atoms with Gasteiger partial charge >= 0.3 is 0 Å². The van der Waals surface area contributed by atoms with E-state index in [1.54, 1.807) is 4.90 Å². The predicted octanol–water partition coefficient (Wildman–Crippen LogP) is 3.50. The molecule has 1 atom stereocenters. The van der Waals surface area contributed by atoms with Crippen molar-refractivity contribution in [3.63, 3.8) is 0 Å². The number of benzene rings is 1. The van der Waals surface area contributed by atoms with Gasteiger partial charge in [0.1, 0.15) is 11.3 Å². The smallest absolute Gasteiger partial charge is 0.231 e. The van der Waals surface area contributed by atoms with Crippen LogP contribution in [0, 0.1) is 17.6 Å². The molecule has 1 saturated heterocycles. The number of carbonyl (C=O) groups is 1. The summed E-state index contributed by atoms with van der Waals surface area (Å²) in [4.78, 5) is 18.5. The molecule has 0 bridgehead atoms. The van der Waals surface area contributed by atoms with Crippen LogP contribution in [0.3, 0.4) is 0 Å². The average molecular weight is 338 g/mol. The first-order chi connectivity index (χ1) is 11.1. The van der Waals surface area contributed by atoms with Crippen LogP contribution in [-0.2, 0) is 9.53 Å². The summed E-state index contributed by atoms with van der Waals surface area (Å²) in [6, 6.07) is 2.07. The molecule has 0 N–H and O–H groups in total. The van der Waals surface area contributed by atoms with Gasteiger partial charge in [0.25, 0.3) is 0 Å². The zero-order valence-corrected chi connectivity index (χ0v) is 13.2. The Balaban J connectivity index is 1.69. The van der Waals surface area contributed by atoms with E-state index in [9.17, 15) is 13.6 Å². The molecule has 7 heteroatoms. The number of nitrogens with zero attached hydrogens (tertiary/aromatic N) is 2. The van der Waals surface area contributed by atoms with E-state index in [1.807, 2.05) is 0 Å². The highest BCUT2D eigenvalue weighted by atomic mass is 32.1. The van der Waals surface area contributed by atoms with Gasteiger partial charge in [-0.2, -0.15) is 0 Å². The summed E-state index contributed by atoms with van der Waals surface area (Å²) in [5.74, 6) is -1.28. The number of aromatic nitrogens is 1. The van der Waals surface area contributed by atoms with Gasteiger partial charge in [0.05, 0.1) is 17.3 Å². The Bertz CT molecular complexity index is 754. The molecule has 122 valence electrons. The number of fused-ring (bicyclic) bond motifs is 1. The van der Waals surface area contributed by atoms with Crippen molar-refractivity contribution in [2.45, 2.75) is 31.8 Å². The maximum Gasteiger partial charge on any atom is 0.231 e. The summed E-state index contributed by atoms with van der Waals surface area (Å²) in [5.41, 5.74) is 0.118. The number of hydrogen-bond donors (Lipinski definition) is 0. The molecule has 2 fully saturated rings. The second-order valence-electron chi connectivity index (χ2n) is 6.09. The largest absolute Gasteiger partial charge is 0.376 e. The first-order valence-electron chi connectivity index (χ1n) is 7.80. The van der Waals surface area contributed by atoms with Gasteiger partial charge < -0.3 is 4.74 Å². The molecule has 0 spiro atoms. The van der Waals surface area contributed by atoms with Crippen molar-refractivity contribution >= 4 is 32.6 Å². The van der Waals surface area contributed by atoms with E-state index >= 15 is 0 Å². The number of hydrogen-bond acceptors (Lipinski definition) is 4. The van der Waals surface area contributed by atoms with Crippen LogP contribution in [0.2, 0.25) is 0 Å². The Hall–Kier alpha value is -1.60. The normalized spacial score (nSPS) is 21.0. The zero-order chi connectivity index (χ0) is 16.0. The van der Waals surface area contributed by atoms with Crippen molar-refractivity contribution in [2.75, 3.05) is 18.1 Å². The van der Waals surface area contributed by atoms with Gasteiger partial charge in [-0.25, -0.2) is 13.8 Å². The molecule has 2 aliphatic rings. The summed E-state index contributed by atoms with van der Waals surface area (Å²) in [7, 11) is 0. The van der Waals surface area contributed by atoms with Crippen LogP contribution in [0.5, 0.6) is 0 Å². The van der Waals surface area contributed by atoms with Crippen molar-refractivity contribution < 1.29 is 18.3 Å². The van der Waals surface area contributed by atoms with Crippen LogP contribution in [0.25, 0.3) is 10.2 Å². The van der Waals surface area contributed by atoms with Crippen LogP contribution in [0.1, 0.15) is 25.7 Å². The lowest BCUT2D eigenvalue weighted by Gasteiger charge is -2.22. The maximum absolute atomic E-state index is 13.9. The van der Waals surface area contributed by atoms with E-state index in [4.69, 9.17) is 4.74 Å². The van der Waals surface area contributed by atoms with Crippen molar-refractivity contribution in [2.24, 2.45) is 5.92 Å². The first kappa shape index (κ1) is 15.0. The Morgan fingerprint density at radius 2 is 2.17 bits per heavy atom. The third kappa shape index (κ3) is 2.95. The van der Waals surface area contributed by atoms with Gasteiger partial charge in [-0.15, -0.1) is 0 Å². The summed E-state index contributed by atoms with van der Waals surface area (Å²) < 4.78 is 33.3. The number of halogens is 2. The summed E-state index contributed by atoms with van der Waals surface area (Å²) in [5, 5.41) is 0.428. The summed E-state index contributed by atoms with van der Waals surface area (Å²) >= 11 is 1.15. The molecule has 0 unspecified atom stereocenters. The molecule has 1 aliphatic carbocycles. The van der Waals surface area contributed by atoms with Crippen LogP contribution in [-0.4, -0.2) is 30.1 Å². The molecule has 23 heavy (non-hydrogen) atoms. The van der Waals surface area contributed by atoms with Crippen molar-refractivity contribution in [3.8, 4) is 0 Å². The minimum Gasteiger partial charge on any atom is -0.376 e. The number of thiazole rings is 1. The lowest BCUT2D eigenvalue weighted by atomic mass is 10.2. The van der Waals surface area contributed by atoms with E-state index < -0.39 is 11.6 Å². The number of rotatable bonds is 4. The second-order valence-corrected chi connectivity index (χ2v) is 7.10. The van der Waals surface area contributed by atoms with E-state index in [0.29, 0.717) is 23.0 Å². The third-order valence-corrected chi connectivity index (χ3v) is 5.26. The minimum atomic E-state index is -0.696. The monoisotopic (exact) mass is 338 g/mol. The van der Waals surface area contributed by atoms with Gasteiger partial charge in [-0.05, 0) is 31.7 Å². The number of ether oxygens (including phenoxy) is 1. The standard InChI is InChI=1S/C16H16F2N2O2S/c17-10-6-12(18)14-13(7-10)23-16(19-14)20(15(21)9-3-4-9)8-11-2-1-5-22-11/h6-7,9,11H,1-5,8H2/t11-/m0/s1. The predicted molar refractivity (Wildman–Crippen MR) is 83.6 cm³/mol. The molecule has 2 heterocycles. The van der Waals surface area contributed by atoms with Gasteiger partial charge in [0.15, 0.2) is 10.9 Å². The molecule has 1 amide bonds. The van der Waals surface area contributed by atoms with E-state index in [0.717, 1.165) is 43.1 Å². The molecule has 4 nitrogen and oxygen atoms in total. The lowest BCUT2D eigenvalue weighted by molar-refractivity contribution is -0.120. The Labute approximate surface area is 136 Å². The number of anilines is 1. The van der Waals surface area contributed by atoms with Gasteiger partial charge in [0.2, 0.25) is 5.91 Å². The molecule has 1 aromatic heterocycles. The zero-order valence-electron chi connectivity index (χ0n) is 12.4. The van der Waals surface area contributed by atoms with Crippen LogP contribution in [0.15, 0.2) is 12.1 Å². The van der Waals surface area contributed by atoms with E-state index in [-0.39, 0.29) is 23.4 Å². The quantitative estimate of drug-likeness (QED) is 0.857. The Morgan fingerprint density at radius 3 is 2.87 bits per heavy atom. The fraction of sp³-hybridized carbons (Fsp3) is 0.500. The molecule has 2 aromatic rings. The molecule has 0 radical (unpaired) electrons. The fourth-order valence-electron chi connectivity index (χ4n) is 2.87. The first-order valence-corrected chi connectivity index (χ1v) is 8.62.